The van der Waals surface area contributed by atoms with Gasteiger partial charge in [-0.15, -0.1) is 0 Å². The van der Waals surface area contributed by atoms with E-state index in [0.29, 0.717) is 0 Å². The first-order chi connectivity index (χ1) is 5.38. The number of hydrogen-bond acceptors (Lipinski definition) is 1. The summed E-state index contributed by atoms with van der Waals surface area (Å²) in [6.07, 6.45) is 7.24. The molecule has 0 aromatic heterocycles. The van der Waals surface area contributed by atoms with Crippen LogP contribution < -0.4 is 5.32 Å². The van der Waals surface area contributed by atoms with E-state index in [2.05, 4.69) is 19.3 Å². The van der Waals surface area contributed by atoms with Gasteiger partial charge in [0.15, 0.2) is 0 Å². The fourth-order valence-corrected chi connectivity index (χ4v) is 2.40. The van der Waals surface area contributed by atoms with Crippen LogP contribution >= 0.6 is 0 Å². The minimum Gasteiger partial charge on any atom is -0.319 e. The predicted molar refractivity (Wildman–Crippen MR) is 49.7 cm³/mol. The van der Waals surface area contributed by atoms with Gasteiger partial charge >= 0.3 is 0 Å². The third-order valence-corrected chi connectivity index (χ3v) is 2.94. The fraction of sp³-hybridized carbons (Fsp3) is 1.00. The SMILES string of the molecule is CCCC1CCCC1CNC. The summed E-state index contributed by atoms with van der Waals surface area (Å²) in [4.78, 5) is 0. The molecule has 1 fully saturated rings. The Kier molecular flexibility index (Phi) is 3.92. The van der Waals surface area contributed by atoms with Gasteiger partial charge in [-0.3, -0.25) is 0 Å². The van der Waals surface area contributed by atoms with Gasteiger partial charge in [0, 0.05) is 0 Å². The largest absolute Gasteiger partial charge is 0.319 e. The molecule has 66 valence electrons. The van der Waals surface area contributed by atoms with E-state index in [-0.39, 0.29) is 0 Å². The lowest BCUT2D eigenvalue weighted by Crippen LogP contribution is -2.21. The summed E-state index contributed by atoms with van der Waals surface area (Å²) >= 11 is 0. The standard InChI is InChI=1S/C10H21N/c1-3-5-9-6-4-7-10(9)8-11-2/h9-11H,3-8H2,1-2H3. The molecule has 0 aromatic rings. The summed E-state index contributed by atoms with van der Waals surface area (Å²) in [7, 11) is 2.07. The molecule has 1 N–H and O–H groups in total. The molecule has 0 heterocycles. The Bertz CT molecular complexity index is 89.0. The minimum atomic E-state index is 0.986. The maximum atomic E-state index is 3.30. The Labute approximate surface area is 70.6 Å². The second-order valence-electron chi connectivity index (χ2n) is 3.80. The molecule has 1 aliphatic carbocycles. The van der Waals surface area contributed by atoms with Crippen LogP contribution in [0.2, 0.25) is 0 Å². The van der Waals surface area contributed by atoms with Crippen LogP contribution in [0.25, 0.3) is 0 Å². The lowest BCUT2D eigenvalue weighted by Gasteiger charge is -2.17. The van der Waals surface area contributed by atoms with Crippen molar-refractivity contribution in [3.05, 3.63) is 0 Å². The summed E-state index contributed by atoms with van der Waals surface area (Å²) in [5, 5.41) is 3.30. The first-order valence-electron chi connectivity index (χ1n) is 5.03. The molecule has 0 aromatic carbocycles. The predicted octanol–water partition coefficient (Wildman–Crippen LogP) is 2.42. The molecule has 0 aliphatic heterocycles. The minimum absolute atomic E-state index is 0.986. The number of rotatable bonds is 4. The Morgan fingerprint density at radius 2 is 2.00 bits per heavy atom. The number of hydrogen-bond donors (Lipinski definition) is 1. The molecule has 0 spiro atoms. The van der Waals surface area contributed by atoms with Crippen LogP contribution in [0.4, 0.5) is 0 Å². The highest BCUT2D eigenvalue weighted by molar-refractivity contribution is 4.78. The highest BCUT2D eigenvalue weighted by Gasteiger charge is 2.25. The van der Waals surface area contributed by atoms with Crippen molar-refractivity contribution in [2.24, 2.45) is 11.8 Å². The van der Waals surface area contributed by atoms with Gasteiger partial charge in [0.25, 0.3) is 0 Å². The molecule has 2 unspecified atom stereocenters. The average Bonchev–Trinajstić information content (AvgIpc) is 2.39. The molecule has 1 heteroatoms. The highest BCUT2D eigenvalue weighted by Crippen LogP contribution is 2.34. The maximum absolute atomic E-state index is 3.30. The molecule has 1 nitrogen and oxygen atoms in total. The molecule has 0 radical (unpaired) electrons. The van der Waals surface area contributed by atoms with Crippen molar-refractivity contribution in [1.29, 1.82) is 0 Å². The lowest BCUT2D eigenvalue weighted by molar-refractivity contribution is 0.352. The molecule has 0 bridgehead atoms. The van der Waals surface area contributed by atoms with Crippen molar-refractivity contribution < 1.29 is 0 Å². The van der Waals surface area contributed by atoms with Gasteiger partial charge in [-0.05, 0) is 31.8 Å². The van der Waals surface area contributed by atoms with E-state index in [1.807, 2.05) is 0 Å². The molecule has 0 saturated heterocycles. The molecule has 1 saturated carbocycles. The second kappa shape index (κ2) is 4.76. The Morgan fingerprint density at radius 1 is 1.27 bits per heavy atom. The van der Waals surface area contributed by atoms with E-state index in [0.717, 1.165) is 11.8 Å². The van der Waals surface area contributed by atoms with E-state index in [1.54, 1.807) is 0 Å². The van der Waals surface area contributed by atoms with E-state index < -0.39 is 0 Å². The Balaban J connectivity index is 2.25. The van der Waals surface area contributed by atoms with Crippen LogP contribution in [-0.4, -0.2) is 13.6 Å². The molecular weight excluding hydrogens is 134 g/mol. The van der Waals surface area contributed by atoms with E-state index in [1.165, 1.54) is 38.6 Å². The summed E-state index contributed by atoms with van der Waals surface area (Å²) in [6, 6.07) is 0. The second-order valence-corrected chi connectivity index (χ2v) is 3.80. The Hall–Kier alpha value is -0.0400. The number of nitrogens with one attached hydrogen (secondary N) is 1. The van der Waals surface area contributed by atoms with Crippen LogP contribution in [0.15, 0.2) is 0 Å². The van der Waals surface area contributed by atoms with Gasteiger partial charge in [0.2, 0.25) is 0 Å². The molecular formula is C10H21N. The van der Waals surface area contributed by atoms with Crippen molar-refractivity contribution >= 4 is 0 Å². The average molecular weight is 155 g/mol. The summed E-state index contributed by atoms with van der Waals surface area (Å²) in [5.41, 5.74) is 0. The van der Waals surface area contributed by atoms with Gasteiger partial charge < -0.3 is 5.32 Å². The van der Waals surface area contributed by atoms with Crippen LogP contribution in [0.1, 0.15) is 39.0 Å². The van der Waals surface area contributed by atoms with Crippen LogP contribution in [-0.2, 0) is 0 Å². The van der Waals surface area contributed by atoms with Crippen LogP contribution in [0.3, 0.4) is 0 Å². The van der Waals surface area contributed by atoms with Crippen LogP contribution in [0, 0.1) is 11.8 Å². The monoisotopic (exact) mass is 155 g/mol. The zero-order valence-electron chi connectivity index (χ0n) is 7.90. The van der Waals surface area contributed by atoms with Crippen molar-refractivity contribution in [1.82, 2.24) is 5.32 Å². The fourth-order valence-electron chi connectivity index (χ4n) is 2.40. The van der Waals surface area contributed by atoms with Gasteiger partial charge in [-0.2, -0.15) is 0 Å². The normalized spacial score (nSPS) is 31.1. The highest BCUT2D eigenvalue weighted by atomic mass is 14.8. The van der Waals surface area contributed by atoms with E-state index in [9.17, 15) is 0 Å². The van der Waals surface area contributed by atoms with Gasteiger partial charge in [-0.25, -0.2) is 0 Å². The lowest BCUT2D eigenvalue weighted by atomic mass is 9.92. The smallest absolute Gasteiger partial charge is 0.00209 e. The maximum Gasteiger partial charge on any atom is -0.00209 e. The Morgan fingerprint density at radius 3 is 2.64 bits per heavy atom. The van der Waals surface area contributed by atoms with Crippen molar-refractivity contribution in [2.75, 3.05) is 13.6 Å². The first kappa shape index (κ1) is 9.05. The zero-order chi connectivity index (χ0) is 8.10. The third kappa shape index (κ3) is 2.48. The zero-order valence-corrected chi connectivity index (χ0v) is 7.90. The quantitative estimate of drug-likeness (QED) is 0.657. The van der Waals surface area contributed by atoms with Gasteiger partial charge in [0.1, 0.15) is 0 Å². The van der Waals surface area contributed by atoms with E-state index >= 15 is 0 Å². The van der Waals surface area contributed by atoms with Crippen molar-refractivity contribution in [3.8, 4) is 0 Å². The summed E-state index contributed by atoms with van der Waals surface area (Å²) in [6.45, 7) is 3.54. The topological polar surface area (TPSA) is 12.0 Å². The van der Waals surface area contributed by atoms with Crippen LogP contribution in [0.5, 0.6) is 0 Å². The van der Waals surface area contributed by atoms with Gasteiger partial charge in [-0.1, -0.05) is 32.6 Å². The molecule has 11 heavy (non-hydrogen) atoms. The molecule has 1 aliphatic rings. The van der Waals surface area contributed by atoms with Crippen molar-refractivity contribution in [3.63, 3.8) is 0 Å². The summed E-state index contributed by atoms with van der Waals surface area (Å²) < 4.78 is 0. The summed E-state index contributed by atoms with van der Waals surface area (Å²) in [5.74, 6) is 2.02. The first-order valence-corrected chi connectivity index (χ1v) is 5.03. The molecule has 2 atom stereocenters. The van der Waals surface area contributed by atoms with Gasteiger partial charge in [0.05, 0.1) is 0 Å². The van der Waals surface area contributed by atoms with Crippen molar-refractivity contribution in [2.45, 2.75) is 39.0 Å². The molecule has 1 rings (SSSR count). The third-order valence-electron chi connectivity index (χ3n) is 2.94. The van der Waals surface area contributed by atoms with E-state index in [4.69, 9.17) is 0 Å². The molecule has 0 amide bonds.